The first-order valence-corrected chi connectivity index (χ1v) is 7.20. The predicted molar refractivity (Wildman–Crippen MR) is 85.6 cm³/mol. The smallest absolute Gasteiger partial charge is 0.0426 e. The molecule has 4 heteroatoms. The van der Waals surface area contributed by atoms with Crippen LogP contribution in [0.1, 0.15) is 11.1 Å². The van der Waals surface area contributed by atoms with Gasteiger partial charge in [0.05, 0.1) is 0 Å². The van der Waals surface area contributed by atoms with Crippen molar-refractivity contribution in [2.75, 3.05) is 11.9 Å². The minimum atomic E-state index is 0.543. The van der Waals surface area contributed by atoms with Gasteiger partial charge in [0.1, 0.15) is 0 Å². The molecular weight excluding hydrogens is 324 g/mol. The zero-order valence-corrected chi connectivity index (χ0v) is 13.1. The van der Waals surface area contributed by atoms with E-state index in [2.05, 4.69) is 40.0 Å². The van der Waals surface area contributed by atoms with Crippen molar-refractivity contribution < 1.29 is 0 Å². The lowest BCUT2D eigenvalue weighted by Crippen LogP contribution is -2.16. The Morgan fingerprint density at radius 2 is 1.79 bits per heavy atom. The lowest BCUT2D eigenvalue weighted by atomic mass is 10.1. The van der Waals surface area contributed by atoms with Crippen LogP contribution in [-0.4, -0.2) is 7.05 Å². The van der Waals surface area contributed by atoms with E-state index in [1.165, 1.54) is 5.56 Å². The van der Waals surface area contributed by atoms with Gasteiger partial charge in [0.25, 0.3) is 0 Å². The van der Waals surface area contributed by atoms with E-state index in [9.17, 15) is 0 Å². The number of rotatable bonds is 4. The molecule has 0 aliphatic rings. The van der Waals surface area contributed by atoms with Gasteiger partial charge >= 0.3 is 0 Å². The topological polar surface area (TPSA) is 29.3 Å². The summed E-state index contributed by atoms with van der Waals surface area (Å²) in [4.78, 5) is 2.19. The van der Waals surface area contributed by atoms with Crippen molar-refractivity contribution >= 4 is 33.2 Å². The summed E-state index contributed by atoms with van der Waals surface area (Å²) in [5, 5.41) is 0.763. The average Bonchev–Trinajstić information content (AvgIpc) is 2.40. The molecule has 2 N–H and O–H groups in total. The van der Waals surface area contributed by atoms with Crippen LogP contribution in [0.5, 0.6) is 0 Å². The molecule has 0 bridgehead atoms. The highest BCUT2D eigenvalue weighted by Crippen LogP contribution is 2.23. The molecule has 0 saturated carbocycles. The quantitative estimate of drug-likeness (QED) is 0.904. The van der Waals surface area contributed by atoms with Gasteiger partial charge in [-0.05, 0) is 41.5 Å². The van der Waals surface area contributed by atoms with Gasteiger partial charge in [0, 0.05) is 35.3 Å². The second-order valence-electron chi connectivity index (χ2n) is 4.50. The molecule has 0 spiro atoms. The van der Waals surface area contributed by atoms with Crippen molar-refractivity contribution in [2.24, 2.45) is 5.73 Å². The maximum atomic E-state index is 5.89. The van der Waals surface area contributed by atoms with Gasteiger partial charge in [-0.1, -0.05) is 39.7 Å². The first-order valence-electron chi connectivity index (χ1n) is 6.03. The number of nitrogens with two attached hydrogens (primary N) is 1. The van der Waals surface area contributed by atoms with Crippen molar-refractivity contribution in [1.29, 1.82) is 0 Å². The first-order chi connectivity index (χ1) is 9.08. The highest BCUT2D eigenvalue weighted by atomic mass is 79.9. The molecule has 0 fully saturated rings. The second kappa shape index (κ2) is 6.42. The SMILES string of the molecule is CN(Cc1ccc(Cl)cc1)c1cc(Br)cc(CN)c1. The third-order valence-electron chi connectivity index (χ3n) is 2.95. The molecule has 2 nitrogen and oxygen atoms in total. The number of anilines is 1. The third-order valence-corrected chi connectivity index (χ3v) is 3.66. The van der Waals surface area contributed by atoms with Crippen LogP contribution in [0.3, 0.4) is 0 Å². The zero-order valence-electron chi connectivity index (χ0n) is 10.7. The molecule has 0 atom stereocenters. The molecule has 2 rings (SSSR count). The first kappa shape index (κ1) is 14.4. The summed E-state index contributed by atoms with van der Waals surface area (Å²) < 4.78 is 1.05. The summed E-state index contributed by atoms with van der Waals surface area (Å²) >= 11 is 9.41. The minimum absolute atomic E-state index is 0.543. The molecule has 0 aliphatic heterocycles. The number of benzene rings is 2. The van der Waals surface area contributed by atoms with Gasteiger partial charge < -0.3 is 10.6 Å². The van der Waals surface area contributed by atoms with Crippen LogP contribution in [0, 0.1) is 0 Å². The Kier molecular flexibility index (Phi) is 4.86. The molecule has 0 amide bonds. The molecule has 100 valence electrons. The van der Waals surface area contributed by atoms with Gasteiger partial charge in [0.15, 0.2) is 0 Å². The van der Waals surface area contributed by atoms with E-state index >= 15 is 0 Å². The van der Waals surface area contributed by atoms with Gasteiger partial charge in [-0.25, -0.2) is 0 Å². The van der Waals surface area contributed by atoms with E-state index in [1.807, 2.05) is 30.3 Å². The molecule has 0 radical (unpaired) electrons. The van der Waals surface area contributed by atoms with Gasteiger partial charge in [0.2, 0.25) is 0 Å². The van der Waals surface area contributed by atoms with Crippen molar-refractivity contribution in [3.8, 4) is 0 Å². The van der Waals surface area contributed by atoms with Crippen LogP contribution in [0.25, 0.3) is 0 Å². The van der Waals surface area contributed by atoms with Crippen LogP contribution in [0.2, 0.25) is 5.02 Å². The zero-order chi connectivity index (χ0) is 13.8. The normalized spacial score (nSPS) is 10.5. The van der Waals surface area contributed by atoms with Crippen molar-refractivity contribution in [3.63, 3.8) is 0 Å². The lowest BCUT2D eigenvalue weighted by molar-refractivity contribution is 0.918. The Bertz CT molecular complexity index is 555. The fourth-order valence-corrected chi connectivity index (χ4v) is 2.58. The van der Waals surface area contributed by atoms with E-state index in [0.717, 1.165) is 27.3 Å². The fourth-order valence-electron chi connectivity index (χ4n) is 1.93. The second-order valence-corrected chi connectivity index (χ2v) is 5.86. The molecule has 0 saturated heterocycles. The lowest BCUT2D eigenvalue weighted by Gasteiger charge is -2.20. The predicted octanol–water partition coefficient (Wildman–Crippen LogP) is 4.20. The van der Waals surface area contributed by atoms with E-state index in [1.54, 1.807) is 0 Å². The molecule has 2 aromatic carbocycles. The Labute approximate surface area is 127 Å². The molecule has 0 heterocycles. The summed E-state index contributed by atoms with van der Waals surface area (Å²) in [5.41, 5.74) is 9.19. The minimum Gasteiger partial charge on any atom is -0.370 e. The summed E-state index contributed by atoms with van der Waals surface area (Å²) in [5.74, 6) is 0. The fraction of sp³-hybridized carbons (Fsp3) is 0.200. The van der Waals surface area contributed by atoms with Crippen LogP contribution < -0.4 is 10.6 Å². The summed E-state index contributed by atoms with van der Waals surface area (Å²) in [6.45, 7) is 1.37. The van der Waals surface area contributed by atoms with Gasteiger partial charge in [-0.15, -0.1) is 0 Å². The molecule has 2 aromatic rings. The number of halogens is 2. The standard InChI is InChI=1S/C15H16BrClN2/c1-19(10-11-2-4-14(17)5-3-11)15-7-12(9-18)6-13(16)8-15/h2-8H,9-10,18H2,1H3. The summed E-state index contributed by atoms with van der Waals surface area (Å²) in [7, 11) is 2.07. The molecular formula is C15H16BrClN2. The maximum Gasteiger partial charge on any atom is 0.0426 e. The number of nitrogens with zero attached hydrogens (tertiary/aromatic N) is 1. The van der Waals surface area contributed by atoms with Crippen LogP contribution in [-0.2, 0) is 13.1 Å². The van der Waals surface area contributed by atoms with Crippen LogP contribution in [0.15, 0.2) is 46.9 Å². The van der Waals surface area contributed by atoms with E-state index in [0.29, 0.717) is 6.54 Å². The Morgan fingerprint density at radius 1 is 1.11 bits per heavy atom. The highest BCUT2D eigenvalue weighted by molar-refractivity contribution is 9.10. The van der Waals surface area contributed by atoms with Gasteiger partial charge in [-0.3, -0.25) is 0 Å². The summed E-state index contributed by atoms with van der Waals surface area (Å²) in [6, 6.07) is 14.2. The van der Waals surface area contributed by atoms with E-state index in [-0.39, 0.29) is 0 Å². The third kappa shape index (κ3) is 3.96. The van der Waals surface area contributed by atoms with E-state index in [4.69, 9.17) is 17.3 Å². The number of hydrogen-bond donors (Lipinski definition) is 1. The average molecular weight is 340 g/mol. The Hall–Kier alpha value is -1.03. The Balaban J connectivity index is 2.17. The van der Waals surface area contributed by atoms with Crippen molar-refractivity contribution in [2.45, 2.75) is 13.1 Å². The van der Waals surface area contributed by atoms with Crippen molar-refractivity contribution in [1.82, 2.24) is 0 Å². The monoisotopic (exact) mass is 338 g/mol. The Morgan fingerprint density at radius 3 is 2.42 bits per heavy atom. The number of hydrogen-bond acceptors (Lipinski definition) is 2. The highest BCUT2D eigenvalue weighted by Gasteiger charge is 2.05. The molecule has 0 aromatic heterocycles. The molecule has 0 unspecified atom stereocenters. The van der Waals surface area contributed by atoms with Gasteiger partial charge in [-0.2, -0.15) is 0 Å². The molecule has 19 heavy (non-hydrogen) atoms. The molecule has 0 aliphatic carbocycles. The summed E-state index contributed by atoms with van der Waals surface area (Å²) in [6.07, 6.45) is 0. The van der Waals surface area contributed by atoms with Crippen LogP contribution in [0.4, 0.5) is 5.69 Å². The largest absolute Gasteiger partial charge is 0.370 e. The maximum absolute atomic E-state index is 5.89. The van der Waals surface area contributed by atoms with Crippen molar-refractivity contribution in [3.05, 3.63) is 63.1 Å². The van der Waals surface area contributed by atoms with E-state index < -0.39 is 0 Å². The van der Waals surface area contributed by atoms with Crippen LogP contribution >= 0.6 is 27.5 Å².